The first-order valence-corrected chi connectivity index (χ1v) is 7.36. The van der Waals surface area contributed by atoms with Gasteiger partial charge in [0, 0.05) is 13.1 Å². The van der Waals surface area contributed by atoms with Crippen molar-refractivity contribution in [2.45, 2.75) is 6.54 Å². The van der Waals surface area contributed by atoms with Crippen LogP contribution < -0.4 is 10.5 Å². The van der Waals surface area contributed by atoms with E-state index in [1.165, 1.54) is 16.8 Å². The normalized spacial score (nSPS) is 15.1. The molecule has 5 nitrogen and oxygen atoms in total. The SMILES string of the molecule is O=c1c(Cl)c(N2CCOCC2)cnn1Cc1ccc(F)cc1. The van der Waals surface area contributed by atoms with E-state index in [4.69, 9.17) is 16.3 Å². The molecule has 22 heavy (non-hydrogen) atoms. The Morgan fingerprint density at radius 2 is 1.91 bits per heavy atom. The zero-order valence-electron chi connectivity index (χ0n) is 11.8. The zero-order valence-corrected chi connectivity index (χ0v) is 12.6. The van der Waals surface area contributed by atoms with Gasteiger partial charge in [-0.1, -0.05) is 23.7 Å². The second kappa shape index (κ2) is 6.46. The average molecular weight is 324 g/mol. The predicted octanol–water partition coefficient (Wildman–Crippen LogP) is 1.92. The van der Waals surface area contributed by atoms with E-state index in [0.29, 0.717) is 32.0 Å². The summed E-state index contributed by atoms with van der Waals surface area (Å²) in [5.74, 6) is -0.315. The Labute approximate surface area is 131 Å². The van der Waals surface area contributed by atoms with Crippen LogP contribution in [0.15, 0.2) is 35.3 Å². The van der Waals surface area contributed by atoms with Crippen LogP contribution in [0, 0.1) is 5.82 Å². The lowest BCUT2D eigenvalue weighted by molar-refractivity contribution is 0.122. The van der Waals surface area contributed by atoms with Gasteiger partial charge in [0.25, 0.3) is 5.56 Å². The van der Waals surface area contributed by atoms with Gasteiger partial charge in [0.2, 0.25) is 0 Å². The molecule has 0 saturated carbocycles. The Morgan fingerprint density at radius 1 is 1.23 bits per heavy atom. The van der Waals surface area contributed by atoms with Gasteiger partial charge in [0.1, 0.15) is 10.8 Å². The third kappa shape index (κ3) is 3.13. The van der Waals surface area contributed by atoms with E-state index >= 15 is 0 Å². The van der Waals surface area contributed by atoms with E-state index in [9.17, 15) is 9.18 Å². The lowest BCUT2D eigenvalue weighted by Gasteiger charge is -2.29. The van der Waals surface area contributed by atoms with Crippen LogP contribution in [0.1, 0.15) is 5.56 Å². The van der Waals surface area contributed by atoms with E-state index < -0.39 is 0 Å². The van der Waals surface area contributed by atoms with Gasteiger partial charge in [0.05, 0.1) is 31.6 Å². The minimum absolute atomic E-state index is 0.152. The molecule has 0 unspecified atom stereocenters. The van der Waals surface area contributed by atoms with Crippen LogP contribution in [-0.4, -0.2) is 36.1 Å². The van der Waals surface area contributed by atoms with Crippen LogP contribution in [0.5, 0.6) is 0 Å². The van der Waals surface area contributed by atoms with Crippen LogP contribution in [0.4, 0.5) is 10.1 Å². The Bertz CT molecular complexity index is 712. The number of benzene rings is 1. The lowest BCUT2D eigenvalue weighted by atomic mass is 10.2. The predicted molar refractivity (Wildman–Crippen MR) is 82.0 cm³/mol. The van der Waals surface area contributed by atoms with Crippen molar-refractivity contribution in [1.82, 2.24) is 9.78 Å². The molecule has 1 saturated heterocycles. The van der Waals surface area contributed by atoms with Crippen LogP contribution in [0.25, 0.3) is 0 Å². The molecule has 1 aromatic carbocycles. The van der Waals surface area contributed by atoms with Gasteiger partial charge < -0.3 is 9.64 Å². The molecule has 0 N–H and O–H groups in total. The Balaban J connectivity index is 1.86. The molecule has 1 aliphatic heterocycles. The molecule has 0 spiro atoms. The van der Waals surface area contributed by atoms with Gasteiger partial charge in [-0.25, -0.2) is 9.07 Å². The third-order valence-corrected chi connectivity index (χ3v) is 3.92. The van der Waals surface area contributed by atoms with Gasteiger partial charge in [-0.05, 0) is 17.7 Å². The highest BCUT2D eigenvalue weighted by Crippen LogP contribution is 2.21. The third-order valence-electron chi connectivity index (χ3n) is 3.56. The Kier molecular flexibility index (Phi) is 4.40. The number of hydrogen-bond donors (Lipinski definition) is 0. The van der Waals surface area contributed by atoms with Crippen molar-refractivity contribution in [2.75, 3.05) is 31.2 Å². The van der Waals surface area contributed by atoms with Crippen LogP contribution >= 0.6 is 11.6 Å². The zero-order chi connectivity index (χ0) is 15.5. The number of nitrogens with zero attached hydrogens (tertiary/aromatic N) is 3. The molecule has 2 aromatic rings. The summed E-state index contributed by atoms with van der Waals surface area (Å²) >= 11 is 6.21. The van der Waals surface area contributed by atoms with Crippen molar-refractivity contribution in [1.29, 1.82) is 0 Å². The van der Waals surface area contributed by atoms with Crippen molar-refractivity contribution in [3.05, 3.63) is 57.2 Å². The fraction of sp³-hybridized carbons (Fsp3) is 0.333. The first-order valence-electron chi connectivity index (χ1n) is 6.98. The summed E-state index contributed by atoms with van der Waals surface area (Å²) in [7, 11) is 0. The summed E-state index contributed by atoms with van der Waals surface area (Å²) in [6.07, 6.45) is 1.60. The molecular formula is C15H15ClFN3O2. The summed E-state index contributed by atoms with van der Waals surface area (Å²) < 4.78 is 19.5. The molecule has 116 valence electrons. The average Bonchev–Trinajstić information content (AvgIpc) is 2.55. The molecule has 1 fully saturated rings. The number of anilines is 1. The minimum Gasteiger partial charge on any atom is -0.378 e. The van der Waals surface area contributed by atoms with Crippen molar-refractivity contribution >= 4 is 17.3 Å². The van der Waals surface area contributed by atoms with Crippen LogP contribution in [-0.2, 0) is 11.3 Å². The van der Waals surface area contributed by atoms with Gasteiger partial charge in [-0.3, -0.25) is 4.79 Å². The van der Waals surface area contributed by atoms with Gasteiger partial charge in [-0.2, -0.15) is 5.10 Å². The molecule has 3 rings (SSSR count). The highest BCUT2D eigenvalue weighted by atomic mass is 35.5. The molecule has 0 radical (unpaired) electrons. The number of hydrogen-bond acceptors (Lipinski definition) is 4. The van der Waals surface area contributed by atoms with Crippen molar-refractivity contribution < 1.29 is 9.13 Å². The summed E-state index contributed by atoms with van der Waals surface area (Å²) in [6.45, 7) is 2.83. The minimum atomic E-state index is -0.352. The summed E-state index contributed by atoms with van der Waals surface area (Å²) in [6, 6.07) is 5.94. The molecule has 0 atom stereocenters. The van der Waals surface area contributed by atoms with Crippen LogP contribution in [0.2, 0.25) is 5.02 Å². The largest absolute Gasteiger partial charge is 0.378 e. The second-order valence-corrected chi connectivity index (χ2v) is 5.41. The highest BCUT2D eigenvalue weighted by molar-refractivity contribution is 6.33. The maximum atomic E-state index is 12.9. The number of halogens is 2. The molecule has 1 aromatic heterocycles. The van der Waals surface area contributed by atoms with E-state index in [2.05, 4.69) is 5.10 Å². The monoisotopic (exact) mass is 323 g/mol. The summed E-state index contributed by atoms with van der Waals surface area (Å²) in [5.41, 5.74) is 1.06. The molecule has 2 heterocycles. The quantitative estimate of drug-likeness (QED) is 0.866. The van der Waals surface area contributed by atoms with Gasteiger partial charge in [0.15, 0.2) is 0 Å². The van der Waals surface area contributed by atoms with E-state index in [1.807, 2.05) is 4.90 Å². The lowest BCUT2D eigenvalue weighted by Crippen LogP contribution is -2.38. The number of aromatic nitrogens is 2. The molecule has 0 aliphatic carbocycles. The first kappa shape index (κ1) is 15.0. The smallest absolute Gasteiger partial charge is 0.287 e. The first-order chi connectivity index (χ1) is 10.6. The number of rotatable bonds is 3. The second-order valence-electron chi connectivity index (χ2n) is 5.03. The van der Waals surface area contributed by atoms with E-state index in [0.717, 1.165) is 5.56 Å². The summed E-state index contributed by atoms with van der Waals surface area (Å²) in [5, 5.41) is 4.33. The van der Waals surface area contributed by atoms with Crippen molar-refractivity contribution in [2.24, 2.45) is 0 Å². The fourth-order valence-electron chi connectivity index (χ4n) is 2.36. The topological polar surface area (TPSA) is 47.4 Å². The Hall–Kier alpha value is -1.92. The number of ether oxygens (including phenoxy) is 1. The molecule has 0 amide bonds. The number of morpholine rings is 1. The van der Waals surface area contributed by atoms with Gasteiger partial charge in [-0.15, -0.1) is 0 Å². The van der Waals surface area contributed by atoms with E-state index in [1.54, 1.807) is 18.3 Å². The summed E-state index contributed by atoms with van der Waals surface area (Å²) in [4.78, 5) is 14.3. The van der Waals surface area contributed by atoms with Crippen LogP contribution in [0.3, 0.4) is 0 Å². The maximum Gasteiger partial charge on any atom is 0.287 e. The Morgan fingerprint density at radius 3 is 2.59 bits per heavy atom. The molecule has 0 bridgehead atoms. The van der Waals surface area contributed by atoms with E-state index in [-0.39, 0.29) is 22.9 Å². The molecular weight excluding hydrogens is 309 g/mol. The van der Waals surface area contributed by atoms with Gasteiger partial charge >= 0.3 is 0 Å². The van der Waals surface area contributed by atoms with Crippen molar-refractivity contribution in [3.63, 3.8) is 0 Å². The standard InChI is InChI=1S/C15H15ClFN3O2/c16-14-13(19-5-7-22-8-6-19)9-18-20(15(14)21)10-11-1-3-12(17)4-2-11/h1-4,9H,5-8,10H2. The highest BCUT2D eigenvalue weighted by Gasteiger charge is 2.18. The maximum absolute atomic E-state index is 12.9. The molecule has 7 heteroatoms. The fourth-order valence-corrected chi connectivity index (χ4v) is 2.62. The molecule has 1 aliphatic rings. The van der Waals surface area contributed by atoms with Crippen molar-refractivity contribution in [3.8, 4) is 0 Å².